The molecule has 27 heavy (non-hydrogen) atoms. The molecule has 0 amide bonds. The van der Waals surface area contributed by atoms with Gasteiger partial charge in [-0.3, -0.25) is 9.48 Å². The minimum Gasteiger partial charge on any atom is -0.283 e. The fourth-order valence-electron chi connectivity index (χ4n) is 3.50. The summed E-state index contributed by atoms with van der Waals surface area (Å²) in [4.78, 5) is 13.2. The third-order valence-electron chi connectivity index (χ3n) is 5.02. The van der Waals surface area contributed by atoms with Gasteiger partial charge < -0.3 is 0 Å². The summed E-state index contributed by atoms with van der Waals surface area (Å²) in [7, 11) is 1.85. The van der Waals surface area contributed by atoms with Crippen LogP contribution in [0.1, 0.15) is 25.0 Å². The van der Waals surface area contributed by atoms with Crippen molar-refractivity contribution >= 4 is 11.8 Å². The maximum Gasteiger partial charge on any atom is 0.297 e. The molecule has 1 aliphatic rings. The number of benzene rings is 1. The Kier molecular flexibility index (Phi) is 4.58. The van der Waals surface area contributed by atoms with E-state index >= 15 is 0 Å². The number of hydrogen-bond acceptors (Lipinski definition) is 6. The van der Waals surface area contributed by atoms with Crippen LogP contribution in [0.3, 0.4) is 0 Å². The molecule has 2 atom stereocenters. The van der Waals surface area contributed by atoms with E-state index in [0.717, 1.165) is 30.6 Å². The van der Waals surface area contributed by atoms with Crippen LogP contribution in [0.2, 0.25) is 0 Å². The summed E-state index contributed by atoms with van der Waals surface area (Å²) in [5.74, 6) is 0.0978. The highest BCUT2D eigenvalue weighted by atomic mass is 32.2. The Hall–Kier alpha value is -2.86. The van der Waals surface area contributed by atoms with Gasteiger partial charge in [-0.15, -0.1) is 5.10 Å². The lowest BCUT2D eigenvalue weighted by Crippen LogP contribution is -2.22. The van der Waals surface area contributed by atoms with Crippen LogP contribution in [0.25, 0.3) is 11.4 Å². The van der Waals surface area contributed by atoms with Crippen molar-refractivity contribution in [1.82, 2.24) is 29.6 Å². The Balaban J connectivity index is 1.73. The minimum atomic E-state index is -0.170. The lowest BCUT2D eigenvalue weighted by molar-refractivity contribution is 0.630. The molecule has 2 heterocycles. The second-order valence-electron chi connectivity index (χ2n) is 6.66. The van der Waals surface area contributed by atoms with Crippen LogP contribution in [0.5, 0.6) is 0 Å². The van der Waals surface area contributed by atoms with Gasteiger partial charge in [0.25, 0.3) is 5.56 Å². The van der Waals surface area contributed by atoms with E-state index in [4.69, 9.17) is 5.26 Å². The highest BCUT2D eigenvalue weighted by molar-refractivity contribution is 7.99. The van der Waals surface area contributed by atoms with Crippen molar-refractivity contribution in [3.63, 3.8) is 0 Å². The molecule has 0 radical (unpaired) electrons. The van der Waals surface area contributed by atoms with Gasteiger partial charge in [0.2, 0.25) is 5.16 Å². The van der Waals surface area contributed by atoms with Gasteiger partial charge in [-0.1, -0.05) is 30.0 Å². The second-order valence-corrected chi connectivity index (χ2v) is 7.93. The molecule has 3 aromatic rings. The molecule has 0 spiro atoms. The summed E-state index contributed by atoms with van der Waals surface area (Å²) in [5, 5.41) is 22.0. The first-order valence-electron chi connectivity index (χ1n) is 8.79. The third-order valence-corrected chi connectivity index (χ3v) is 6.24. The maximum atomic E-state index is 13.2. The lowest BCUT2D eigenvalue weighted by atomic mass is 10.1. The zero-order valence-electron chi connectivity index (χ0n) is 15.1. The van der Waals surface area contributed by atoms with Gasteiger partial charge in [0, 0.05) is 18.2 Å². The van der Waals surface area contributed by atoms with Gasteiger partial charge in [0.1, 0.15) is 0 Å². The molecule has 0 N–H and O–H groups in total. The summed E-state index contributed by atoms with van der Waals surface area (Å²) in [6.45, 7) is 1.88. The number of nitrogens with zero attached hydrogens (tertiary/aromatic N) is 7. The number of hydrogen-bond donors (Lipinski definition) is 0. The highest BCUT2D eigenvalue weighted by Crippen LogP contribution is 2.37. The smallest absolute Gasteiger partial charge is 0.283 e. The van der Waals surface area contributed by atoms with Crippen molar-refractivity contribution in [2.75, 3.05) is 0 Å². The van der Waals surface area contributed by atoms with Crippen LogP contribution in [0, 0.1) is 24.2 Å². The molecule has 8 nitrogen and oxygen atoms in total. The summed E-state index contributed by atoms with van der Waals surface area (Å²) < 4.78 is 4.95. The lowest BCUT2D eigenvalue weighted by Gasteiger charge is -2.08. The molecule has 2 unspecified atom stereocenters. The van der Waals surface area contributed by atoms with E-state index in [1.165, 1.54) is 4.68 Å². The number of nitriles is 1. The molecule has 1 saturated carbocycles. The number of para-hydroxylation sites is 1. The van der Waals surface area contributed by atoms with Gasteiger partial charge in [-0.25, -0.2) is 4.68 Å². The second kappa shape index (κ2) is 7.04. The topological polar surface area (TPSA) is 94.3 Å². The highest BCUT2D eigenvalue weighted by Gasteiger charge is 2.28. The van der Waals surface area contributed by atoms with Crippen LogP contribution in [-0.2, 0) is 7.05 Å². The monoisotopic (exact) mass is 381 g/mol. The number of thioether (sulfide) groups is 1. The maximum absolute atomic E-state index is 13.2. The molecule has 0 aliphatic heterocycles. The van der Waals surface area contributed by atoms with E-state index in [0.29, 0.717) is 16.1 Å². The molecular formula is C18H19N7OS. The Morgan fingerprint density at radius 1 is 1.26 bits per heavy atom. The van der Waals surface area contributed by atoms with Gasteiger partial charge in [0.15, 0.2) is 5.69 Å². The van der Waals surface area contributed by atoms with Crippen molar-refractivity contribution in [3.8, 4) is 17.4 Å². The number of rotatable bonds is 4. The zero-order chi connectivity index (χ0) is 19.0. The molecular weight excluding hydrogens is 362 g/mol. The predicted molar refractivity (Wildman–Crippen MR) is 101 cm³/mol. The fourth-order valence-corrected chi connectivity index (χ4v) is 4.70. The number of aromatic nitrogens is 6. The van der Waals surface area contributed by atoms with Crippen molar-refractivity contribution in [2.24, 2.45) is 13.0 Å². The predicted octanol–water partition coefficient (Wildman–Crippen LogP) is 2.24. The van der Waals surface area contributed by atoms with Crippen molar-refractivity contribution in [2.45, 2.75) is 36.6 Å². The Morgan fingerprint density at radius 2 is 2.04 bits per heavy atom. The fraction of sp³-hybridized carbons (Fsp3) is 0.389. The summed E-state index contributed by atoms with van der Waals surface area (Å²) in [5.41, 5.74) is 1.84. The largest absolute Gasteiger partial charge is 0.297 e. The average molecular weight is 381 g/mol. The Bertz CT molecular complexity index is 1060. The molecule has 138 valence electrons. The van der Waals surface area contributed by atoms with E-state index in [9.17, 15) is 4.79 Å². The summed E-state index contributed by atoms with van der Waals surface area (Å²) in [6, 6.07) is 11.8. The first-order valence-corrected chi connectivity index (χ1v) is 9.67. The molecule has 1 aliphatic carbocycles. The van der Waals surface area contributed by atoms with Gasteiger partial charge in [-0.2, -0.15) is 9.94 Å². The first-order chi connectivity index (χ1) is 13.1. The molecule has 9 heteroatoms. The van der Waals surface area contributed by atoms with Crippen molar-refractivity contribution in [1.29, 1.82) is 5.26 Å². The van der Waals surface area contributed by atoms with Crippen LogP contribution in [0.4, 0.5) is 0 Å². The van der Waals surface area contributed by atoms with Crippen LogP contribution in [0.15, 0.2) is 40.3 Å². The van der Waals surface area contributed by atoms with E-state index in [2.05, 4.69) is 21.6 Å². The molecule has 1 aromatic carbocycles. The Morgan fingerprint density at radius 3 is 2.74 bits per heavy atom. The van der Waals surface area contributed by atoms with Crippen molar-refractivity contribution < 1.29 is 0 Å². The van der Waals surface area contributed by atoms with E-state index in [-0.39, 0.29) is 11.5 Å². The van der Waals surface area contributed by atoms with Gasteiger partial charge in [0.05, 0.1) is 17.5 Å². The Labute approximate surface area is 160 Å². The zero-order valence-corrected chi connectivity index (χ0v) is 15.9. The minimum absolute atomic E-state index is 0.0978. The average Bonchev–Trinajstić information content (AvgIpc) is 3.37. The van der Waals surface area contributed by atoms with Crippen LogP contribution >= 0.6 is 11.8 Å². The van der Waals surface area contributed by atoms with Gasteiger partial charge >= 0.3 is 0 Å². The van der Waals surface area contributed by atoms with Gasteiger partial charge in [-0.05, 0) is 48.7 Å². The first kappa shape index (κ1) is 17.5. The third kappa shape index (κ3) is 3.06. The van der Waals surface area contributed by atoms with E-state index in [1.54, 1.807) is 16.4 Å². The SMILES string of the molecule is Cc1c(-n2nnnc2SC2CCC(C#N)C2)c(=O)n(-c2ccccc2)n1C. The van der Waals surface area contributed by atoms with Crippen LogP contribution in [-0.4, -0.2) is 34.8 Å². The van der Waals surface area contributed by atoms with Crippen molar-refractivity contribution in [3.05, 3.63) is 46.4 Å². The van der Waals surface area contributed by atoms with Crippen LogP contribution < -0.4 is 5.56 Å². The molecule has 0 bridgehead atoms. The quantitative estimate of drug-likeness (QED) is 0.688. The molecule has 0 saturated heterocycles. The molecule has 1 fully saturated rings. The number of tetrazole rings is 1. The normalized spacial score (nSPS) is 19.3. The standard InChI is InChI=1S/C18H19N7OS/c1-12-16(17(26)25(23(12)2)14-6-4-3-5-7-14)24-18(20-21-22-24)27-15-9-8-13(10-15)11-19/h3-7,13,15H,8-10H2,1-2H3. The molecule has 2 aromatic heterocycles. The summed E-state index contributed by atoms with van der Waals surface area (Å²) >= 11 is 1.55. The summed E-state index contributed by atoms with van der Waals surface area (Å²) in [6.07, 6.45) is 2.69. The van der Waals surface area contributed by atoms with E-state index < -0.39 is 0 Å². The molecule has 4 rings (SSSR count). The van der Waals surface area contributed by atoms with E-state index in [1.807, 2.05) is 49.0 Å².